The number of H-pyrrole nitrogens is 1. The van der Waals surface area contributed by atoms with E-state index in [2.05, 4.69) is 36.0 Å². The fourth-order valence-electron chi connectivity index (χ4n) is 4.75. The van der Waals surface area contributed by atoms with Crippen LogP contribution in [0, 0.1) is 6.92 Å². The van der Waals surface area contributed by atoms with Crippen molar-refractivity contribution in [2.75, 3.05) is 39.4 Å². The Bertz CT molecular complexity index is 1270. The maximum absolute atomic E-state index is 5.48. The van der Waals surface area contributed by atoms with E-state index in [1.54, 1.807) is 0 Å². The molecule has 2 aliphatic rings. The Morgan fingerprint density at radius 3 is 2.73 bits per heavy atom. The minimum absolute atomic E-state index is 0.654. The minimum Gasteiger partial charge on any atom is -0.379 e. The Kier molecular flexibility index (Phi) is 5.33. The molecular formula is C25H27N7O. The molecule has 2 aliphatic heterocycles. The average Bonchev–Trinajstić information content (AvgIpc) is 3.31. The summed E-state index contributed by atoms with van der Waals surface area (Å²) >= 11 is 0. The predicted molar refractivity (Wildman–Crippen MR) is 127 cm³/mol. The lowest BCUT2D eigenvalue weighted by atomic mass is 10.1. The van der Waals surface area contributed by atoms with Crippen molar-refractivity contribution in [3.05, 3.63) is 60.0 Å². The van der Waals surface area contributed by atoms with Gasteiger partial charge in [0.05, 0.1) is 47.5 Å². The normalized spacial score (nSPS) is 18.0. The number of likely N-dealkylation sites (tertiary alicyclic amines) is 1. The van der Waals surface area contributed by atoms with Crippen molar-refractivity contribution in [2.45, 2.75) is 19.5 Å². The molecule has 0 atom stereocenters. The third kappa shape index (κ3) is 4.13. The van der Waals surface area contributed by atoms with E-state index in [1.165, 1.54) is 5.56 Å². The van der Waals surface area contributed by atoms with Crippen LogP contribution in [0.4, 0.5) is 0 Å². The highest BCUT2D eigenvalue weighted by atomic mass is 16.5. The fraction of sp³-hybridized carbons (Fsp3) is 0.360. The molecular weight excluding hydrogens is 414 g/mol. The Hall–Kier alpha value is -3.20. The third-order valence-electron chi connectivity index (χ3n) is 6.56. The molecule has 4 aromatic rings. The van der Waals surface area contributed by atoms with Gasteiger partial charge in [0.15, 0.2) is 0 Å². The number of nitrogens with zero attached hydrogens (tertiary/aromatic N) is 6. The molecule has 0 saturated carbocycles. The summed E-state index contributed by atoms with van der Waals surface area (Å²) in [6.45, 7) is 8.92. The zero-order valence-electron chi connectivity index (χ0n) is 18.7. The number of nitrogens with one attached hydrogen (secondary N) is 1. The first-order chi connectivity index (χ1) is 16.2. The van der Waals surface area contributed by atoms with Crippen LogP contribution in [0.3, 0.4) is 0 Å². The van der Waals surface area contributed by atoms with Gasteiger partial charge in [0, 0.05) is 56.2 Å². The molecule has 0 amide bonds. The number of aromatic nitrogens is 5. The van der Waals surface area contributed by atoms with Crippen molar-refractivity contribution >= 4 is 11.0 Å². The van der Waals surface area contributed by atoms with Crippen LogP contribution in [-0.2, 0) is 11.3 Å². The van der Waals surface area contributed by atoms with Crippen molar-refractivity contribution < 1.29 is 4.74 Å². The zero-order valence-corrected chi connectivity index (χ0v) is 18.7. The second-order valence-corrected chi connectivity index (χ2v) is 8.90. The SMILES string of the molecule is Cc1cccc(-c2[nH]ncc2-c2ccc3ncc(CN4CC(N5CCOCC5)C4)cc3n2)n1. The molecule has 168 valence electrons. The molecule has 4 aromatic heterocycles. The fourth-order valence-corrected chi connectivity index (χ4v) is 4.75. The largest absolute Gasteiger partial charge is 0.379 e. The summed E-state index contributed by atoms with van der Waals surface area (Å²) in [5.74, 6) is 0. The number of aromatic amines is 1. The summed E-state index contributed by atoms with van der Waals surface area (Å²) in [7, 11) is 0. The van der Waals surface area contributed by atoms with Crippen LogP contribution in [0.25, 0.3) is 33.7 Å². The highest BCUT2D eigenvalue weighted by Crippen LogP contribution is 2.29. The molecule has 0 aliphatic carbocycles. The van der Waals surface area contributed by atoms with Gasteiger partial charge in [-0.25, -0.2) is 4.98 Å². The molecule has 8 nitrogen and oxygen atoms in total. The van der Waals surface area contributed by atoms with Gasteiger partial charge in [0.2, 0.25) is 0 Å². The first-order valence-corrected chi connectivity index (χ1v) is 11.5. The monoisotopic (exact) mass is 441 g/mol. The van der Waals surface area contributed by atoms with Crippen LogP contribution < -0.4 is 0 Å². The maximum atomic E-state index is 5.48. The van der Waals surface area contributed by atoms with Crippen molar-refractivity contribution in [1.29, 1.82) is 0 Å². The molecule has 0 bridgehead atoms. The lowest BCUT2D eigenvalue weighted by Crippen LogP contribution is -2.60. The van der Waals surface area contributed by atoms with Gasteiger partial charge in [-0.1, -0.05) is 6.07 Å². The van der Waals surface area contributed by atoms with Gasteiger partial charge in [-0.3, -0.25) is 24.9 Å². The van der Waals surface area contributed by atoms with E-state index in [0.29, 0.717) is 6.04 Å². The second-order valence-electron chi connectivity index (χ2n) is 8.90. The van der Waals surface area contributed by atoms with Gasteiger partial charge in [0.25, 0.3) is 0 Å². The highest BCUT2D eigenvalue weighted by Gasteiger charge is 2.32. The maximum Gasteiger partial charge on any atom is 0.0928 e. The van der Waals surface area contributed by atoms with E-state index in [1.807, 2.05) is 49.6 Å². The summed E-state index contributed by atoms with van der Waals surface area (Å²) < 4.78 is 5.48. The van der Waals surface area contributed by atoms with Crippen molar-refractivity contribution in [2.24, 2.45) is 0 Å². The molecule has 8 heteroatoms. The van der Waals surface area contributed by atoms with E-state index >= 15 is 0 Å². The Labute approximate surface area is 192 Å². The van der Waals surface area contributed by atoms with E-state index in [-0.39, 0.29) is 0 Å². The van der Waals surface area contributed by atoms with E-state index in [9.17, 15) is 0 Å². The Balaban J connectivity index is 1.21. The van der Waals surface area contributed by atoms with Gasteiger partial charge in [-0.2, -0.15) is 5.10 Å². The molecule has 6 heterocycles. The molecule has 33 heavy (non-hydrogen) atoms. The van der Waals surface area contributed by atoms with E-state index < -0.39 is 0 Å². The summed E-state index contributed by atoms with van der Waals surface area (Å²) in [6.07, 6.45) is 3.79. The number of ether oxygens (including phenoxy) is 1. The topological polar surface area (TPSA) is 83.1 Å². The van der Waals surface area contributed by atoms with Crippen LogP contribution in [-0.4, -0.2) is 80.4 Å². The molecule has 0 spiro atoms. The molecule has 2 saturated heterocycles. The van der Waals surface area contributed by atoms with Gasteiger partial charge in [-0.05, 0) is 42.8 Å². The van der Waals surface area contributed by atoms with E-state index in [4.69, 9.17) is 9.72 Å². The minimum atomic E-state index is 0.654. The average molecular weight is 442 g/mol. The van der Waals surface area contributed by atoms with Crippen LogP contribution in [0.2, 0.25) is 0 Å². The number of aryl methyl sites for hydroxylation is 1. The van der Waals surface area contributed by atoms with Gasteiger partial charge in [-0.15, -0.1) is 0 Å². The third-order valence-corrected chi connectivity index (χ3v) is 6.56. The van der Waals surface area contributed by atoms with Gasteiger partial charge < -0.3 is 4.74 Å². The smallest absolute Gasteiger partial charge is 0.0928 e. The lowest BCUT2D eigenvalue weighted by molar-refractivity contribution is -0.0344. The number of fused-ring (bicyclic) bond motifs is 1. The van der Waals surface area contributed by atoms with E-state index in [0.717, 1.165) is 85.3 Å². The van der Waals surface area contributed by atoms with Crippen LogP contribution in [0.1, 0.15) is 11.3 Å². The molecule has 0 aromatic carbocycles. The quantitative estimate of drug-likeness (QED) is 0.510. The zero-order chi connectivity index (χ0) is 22.2. The van der Waals surface area contributed by atoms with Crippen LogP contribution >= 0.6 is 0 Å². The molecule has 2 fully saturated rings. The lowest BCUT2D eigenvalue weighted by Gasteiger charge is -2.46. The standard InChI is InChI=1S/C25H27N7O/c1-17-3-2-4-23(28-17)25-20(13-27-30-25)21-5-6-22-24(29-21)11-18(12-26-22)14-31-15-19(16-31)32-7-9-33-10-8-32/h2-6,11-13,19H,7-10,14-16H2,1H3,(H,27,30). The van der Waals surface area contributed by atoms with Gasteiger partial charge in [0.1, 0.15) is 0 Å². The first-order valence-electron chi connectivity index (χ1n) is 11.5. The predicted octanol–water partition coefficient (Wildman–Crippen LogP) is 2.91. The summed E-state index contributed by atoms with van der Waals surface area (Å²) in [5.41, 5.74) is 7.51. The number of rotatable bonds is 5. The summed E-state index contributed by atoms with van der Waals surface area (Å²) in [4.78, 5) is 19.3. The summed E-state index contributed by atoms with van der Waals surface area (Å²) in [5, 5.41) is 7.36. The van der Waals surface area contributed by atoms with Crippen molar-refractivity contribution in [3.63, 3.8) is 0 Å². The number of morpholine rings is 1. The Morgan fingerprint density at radius 1 is 1.00 bits per heavy atom. The van der Waals surface area contributed by atoms with Crippen LogP contribution in [0.5, 0.6) is 0 Å². The van der Waals surface area contributed by atoms with Crippen LogP contribution in [0.15, 0.2) is 48.8 Å². The second kappa shape index (κ2) is 8.62. The molecule has 1 N–H and O–H groups in total. The number of hydrogen-bond donors (Lipinski definition) is 1. The Morgan fingerprint density at radius 2 is 1.88 bits per heavy atom. The molecule has 0 unspecified atom stereocenters. The number of pyridine rings is 3. The summed E-state index contributed by atoms with van der Waals surface area (Å²) in [6, 6.07) is 12.8. The molecule has 0 radical (unpaired) electrons. The van der Waals surface area contributed by atoms with Crippen molar-refractivity contribution in [1.82, 2.24) is 34.9 Å². The first kappa shape index (κ1) is 20.4. The number of hydrogen-bond acceptors (Lipinski definition) is 7. The van der Waals surface area contributed by atoms with Gasteiger partial charge >= 0.3 is 0 Å². The molecule has 6 rings (SSSR count). The highest BCUT2D eigenvalue weighted by molar-refractivity contribution is 5.82. The van der Waals surface area contributed by atoms with Crippen molar-refractivity contribution in [3.8, 4) is 22.6 Å².